The standard InChI is InChI=1S/C24H31N3O5/c1-30-19-9-7-18(8-10-19)21(27-13-15-32-16-14-27)17-26-23(28)11-12-25-24(29)20-5-3-4-6-22(20)31-2/h3-10,21H,11-17H2,1-2H3,(H,25,29)(H,26,28). The van der Waals surface area contributed by atoms with Crippen molar-refractivity contribution in [2.75, 3.05) is 53.6 Å². The molecule has 2 aromatic rings. The maximum Gasteiger partial charge on any atom is 0.255 e. The lowest BCUT2D eigenvalue weighted by molar-refractivity contribution is -0.121. The smallest absolute Gasteiger partial charge is 0.255 e. The molecule has 0 saturated carbocycles. The third kappa shape index (κ3) is 6.45. The number of hydrogen-bond donors (Lipinski definition) is 2. The van der Waals surface area contributed by atoms with Crippen LogP contribution in [0.15, 0.2) is 48.5 Å². The highest BCUT2D eigenvalue weighted by atomic mass is 16.5. The van der Waals surface area contributed by atoms with E-state index in [1.165, 1.54) is 7.11 Å². The van der Waals surface area contributed by atoms with Gasteiger partial charge in [-0.15, -0.1) is 0 Å². The Bertz CT molecular complexity index is 881. The number of hydrogen-bond acceptors (Lipinski definition) is 6. The molecule has 3 rings (SSSR count). The molecule has 8 heteroatoms. The summed E-state index contributed by atoms with van der Waals surface area (Å²) in [5, 5.41) is 5.79. The molecule has 1 aliphatic rings. The van der Waals surface area contributed by atoms with Gasteiger partial charge in [-0.1, -0.05) is 24.3 Å². The minimum absolute atomic E-state index is 0.0388. The van der Waals surface area contributed by atoms with Gasteiger partial charge in [0.15, 0.2) is 0 Å². The molecule has 172 valence electrons. The summed E-state index contributed by atoms with van der Waals surface area (Å²) >= 11 is 0. The van der Waals surface area contributed by atoms with Crippen LogP contribution in [-0.2, 0) is 9.53 Å². The number of rotatable bonds is 10. The van der Waals surface area contributed by atoms with Gasteiger partial charge in [-0.3, -0.25) is 14.5 Å². The second-order valence-electron chi connectivity index (χ2n) is 7.45. The van der Waals surface area contributed by atoms with E-state index in [0.717, 1.165) is 24.4 Å². The average molecular weight is 442 g/mol. The molecule has 2 aromatic carbocycles. The molecule has 1 atom stereocenters. The van der Waals surface area contributed by atoms with Gasteiger partial charge in [-0.25, -0.2) is 0 Å². The van der Waals surface area contributed by atoms with Gasteiger partial charge in [0.05, 0.1) is 39.0 Å². The number of nitrogens with one attached hydrogen (secondary N) is 2. The van der Waals surface area contributed by atoms with Crippen molar-refractivity contribution in [3.8, 4) is 11.5 Å². The summed E-state index contributed by atoms with van der Waals surface area (Å²) in [5.41, 5.74) is 1.56. The van der Waals surface area contributed by atoms with Crippen LogP contribution < -0.4 is 20.1 Å². The summed E-state index contributed by atoms with van der Waals surface area (Å²) in [6.07, 6.45) is 0.194. The van der Waals surface area contributed by atoms with E-state index in [4.69, 9.17) is 14.2 Å². The summed E-state index contributed by atoms with van der Waals surface area (Å²) in [7, 11) is 3.16. The molecule has 2 N–H and O–H groups in total. The predicted molar refractivity (Wildman–Crippen MR) is 121 cm³/mol. The number of methoxy groups -OCH3 is 2. The van der Waals surface area contributed by atoms with Crippen LogP contribution >= 0.6 is 0 Å². The molecule has 0 aliphatic carbocycles. The number of carbonyl (C=O) groups excluding carboxylic acids is 2. The zero-order valence-corrected chi connectivity index (χ0v) is 18.6. The maximum atomic E-state index is 12.5. The largest absolute Gasteiger partial charge is 0.497 e. The Labute approximate surface area is 188 Å². The van der Waals surface area contributed by atoms with Crippen molar-refractivity contribution in [3.63, 3.8) is 0 Å². The fourth-order valence-corrected chi connectivity index (χ4v) is 3.69. The number of amides is 2. The van der Waals surface area contributed by atoms with Crippen molar-refractivity contribution in [2.24, 2.45) is 0 Å². The number of carbonyl (C=O) groups is 2. The molecular weight excluding hydrogens is 410 g/mol. The van der Waals surface area contributed by atoms with Crippen molar-refractivity contribution in [2.45, 2.75) is 12.5 Å². The van der Waals surface area contributed by atoms with Gasteiger partial charge in [0.1, 0.15) is 11.5 Å². The topological polar surface area (TPSA) is 89.1 Å². The van der Waals surface area contributed by atoms with E-state index in [0.29, 0.717) is 31.1 Å². The predicted octanol–water partition coefficient (Wildman–Crippen LogP) is 2.01. The lowest BCUT2D eigenvalue weighted by Crippen LogP contribution is -2.44. The molecular formula is C24H31N3O5. The highest BCUT2D eigenvalue weighted by Crippen LogP contribution is 2.23. The van der Waals surface area contributed by atoms with Crippen LogP contribution in [-0.4, -0.2) is 70.3 Å². The van der Waals surface area contributed by atoms with Gasteiger partial charge in [-0.2, -0.15) is 0 Å². The zero-order valence-electron chi connectivity index (χ0n) is 18.6. The summed E-state index contributed by atoms with van der Waals surface area (Å²) in [4.78, 5) is 27.1. The van der Waals surface area contributed by atoms with Crippen LogP contribution in [0, 0.1) is 0 Å². The first-order valence-electron chi connectivity index (χ1n) is 10.8. The molecule has 0 spiro atoms. The van der Waals surface area contributed by atoms with Crippen molar-refractivity contribution < 1.29 is 23.8 Å². The number of para-hydroxylation sites is 1. The van der Waals surface area contributed by atoms with E-state index in [9.17, 15) is 9.59 Å². The Morgan fingerprint density at radius 3 is 2.41 bits per heavy atom. The lowest BCUT2D eigenvalue weighted by Gasteiger charge is -2.35. The Morgan fingerprint density at radius 1 is 1.00 bits per heavy atom. The van der Waals surface area contributed by atoms with Crippen LogP contribution in [0.5, 0.6) is 11.5 Å². The zero-order chi connectivity index (χ0) is 22.8. The molecule has 1 heterocycles. The van der Waals surface area contributed by atoms with Crippen molar-refractivity contribution in [3.05, 3.63) is 59.7 Å². The van der Waals surface area contributed by atoms with Gasteiger partial charge >= 0.3 is 0 Å². The summed E-state index contributed by atoms with van der Waals surface area (Å²) in [6, 6.07) is 14.9. The monoisotopic (exact) mass is 441 g/mol. The number of nitrogens with zero attached hydrogens (tertiary/aromatic N) is 1. The van der Waals surface area contributed by atoms with Gasteiger partial charge < -0.3 is 24.8 Å². The molecule has 0 bridgehead atoms. The number of ether oxygens (including phenoxy) is 3. The molecule has 0 aromatic heterocycles. The molecule has 1 fully saturated rings. The average Bonchev–Trinajstić information content (AvgIpc) is 2.85. The fraction of sp³-hybridized carbons (Fsp3) is 0.417. The third-order valence-corrected chi connectivity index (χ3v) is 5.47. The molecule has 32 heavy (non-hydrogen) atoms. The maximum absolute atomic E-state index is 12.5. The van der Waals surface area contributed by atoms with Crippen LogP contribution in [0.4, 0.5) is 0 Å². The number of benzene rings is 2. The van der Waals surface area contributed by atoms with Crippen LogP contribution in [0.1, 0.15) is 28.4 Å². The van der Waals surface area contributed by atoms with Crippen LogP contribution in [0.3, 0.4) is 0 Å². The van der Waals surface area contributed by atoms with Crippen molar-refractivity contribution in [1.29, 1.82) is 0 Å². The van der Waals surface area contributed by atoms with E-state index in [2.05, 4.69) is 15.5 Å². The van der Waals surface area contributed by atoms with Gasteiger partial charge in [0.25, 0.3) is 5.91 Å². The Kier molecular flexibility index (Phi) is 8.89. The molecule has 1 aliphatic heterocycles. The van der Waals surface area contributed by atoms with E-state index < -0.39 is 0 Å². The number of morpholine rings is 1. The van der Waals surface area contributed by atoms with Gasteiger partial charge in [-0.05, 0) is 29.8 Å². The third-order valence-electron chi connectivity index (χ3n) is 5.47. The molecule has 2 amide bonds. The Morgan fingerprint density at radius 2 is 1.72 bits per heavy atom. The van der Waals surface area contributed by atoms with Gasteiger partial charge in [0.2, 0.25) is 5.91 Å². The second kappa shape index (κ2) is 12.1. The summed E-state index contributed by atoms with van der Waals surface area (Å²) in [6.45, 7) is 3.69. The normalized spacial score (nSPS) is 14.9. The lowest BCUT2D eigenvalue weighted by atomic mass is 10.0. The van der Waals surface area contributed by atoms with E-state index >= 15 is 0 Å². The minimum Gasteiger partial charge on any atom is -0.497 e. The van der Waals surface area contributed by atoms with E-state index in [-0.39, 0.29) is 30.8 Å². The Hall–Kier alpha value is -3.10. The minimum atomic E-state index is -0.264. The fourth-order valence-electron chi connectivity index (χ4n) is 3.69. The van der Waals surface area contributed by atoms with Crippen molar-refractivity contribution >= 4 is 11.8 Å². The highest BCUT2D eigenvalue weighted by Gasteiger charge is 2.23. The SMILES string of the molecule is COc1ccc(C(CNC(=O)CCNC(=O)c2ccccc2OC)N2CCOCC2)cc1. The molecule has 0 radical (unpaired) electrons. The first-order chi connectivity index (χ1) is 15.6. The molecule has 1 saturated heterocycles. The van der Waals surface area contributed by atoms with E-state index in [1.807, 2.05) is 24.3 Å². The van der Waals surface area contributed by atoms with Crippen LogP contribution in [0.2, 0.25) is 0 Å². The van der Waals surface area contributed by atoms with Crippen LogP contribution in [0.25, 0.3) is 0 Å². The quantitative estimate of drug-likeness (QED) is 0.586. The molecule has 1 unspecified atom stereocenters. The summed E-state index contributed by atoms with van der Waals surface area (Å²) < 4.78 is 15.9. The first kappa shape index (κ1) is 23.6. The van der Waals surface area contributed by atoms with E-state index in [1.54, 1.807) is 31.4 Å². The summed E-state index contributed by atoms with van der Waals surface area (Å²) in [5.74, 6) is 0.920. The highest BCUT2D eigenvalue weighted by molar-refractivity contribution is 5.97. The van der Waals surface area contributed by atoms with Crippen molar-refractivity contribution in [1.82, 2.24) is 15.5 Å². The second-order valence-corrected chi connectivity index (χ2v) is 7.45. The molecule has 8 nitrogen and oxygen atoms in total. The first-order valence-corrected chi connectivity index (χ1v) is 10.8. The van der Waals surface area contributed by atoms with Gasteiger partial charge in [0, 0.05) is 32.6 Å². The Balaban J connectivity index is 1.52.